The van der Waals surface area contributed by atoms with E-state index in [1.165, 1.54) is 11.3 Å². The van der Waals surface area contributed by atoms with Gasteiger partial charge < -0.3 is 9.88 Å². The summed E-state index contributed by atoms with van der Waals surface area (Å²) in [4.78, 5) is 12.1. The van der Waals surface area contributed by atoms with Crippen molar-refractivity contribution in [3.8, 4) is 0 Å². The van der Waals surface area contributed by atoms with Gasteiger partial charge in [0.1, 0.15) is 6.54 Å². The van der Waals surface area contributed by atoms with Crippen LogP contribution in [-0.4, -0.2) is 10.5 Å². The lowest BCUT2D eigenvalue weighted by molar-refractivity contribution is -0.116. The predicted molar refractivity (Wildman–Crippen MR) is 73.3 cm³/mol. The number of rotatable bonds is 3. The first-order valence-corrected chi connectivity index (χ1v) is 6.63. The molecule has 2 aromatic rings. The Morgan fingerprint density at radius 1 is 1.44 bits per heavy atom. The van der Waals surface area contributed by atoms with E-state index in [4.69, 9.17) is 28.6 Å². The number of benzene rings is 1. The fourth-order valence-corrected chi connectivity index (χ4v) is 2.30. The molecule has 2 N–H and O–H groups in total. The van der Waals surface area contributed by atoms with Crippen molar-refractivity contribution >= 4 is 46.1 Å². The molecule has 1 heterocycles. The summed E-state index contributed by atoms with van der Waals surface area (Å²) in [7, 11) is 0. The van der Waals surface area contributed by atoms with Crippen LogP contribution in [0.4, 0.5) is 5.69 Å². The quantitative estimate of drug-likeness (QED) is 0.899. The molecule has 0 fully saturated rings. The van der Waals surface area contributed by atoms with Gasteiger partial charge in [-0.25, -0.2) is 0 Å². The zero-order valence-corrected chi connectivity index (χ0v) is 11.4. The number of carbonyl (C=O) groups is 1. The summed E-state index contributed by atoms with van der Waals surface area (Å²) < 4.78 is 1.54. The van der Waals surface area contributed by atoms with Gasteiger partial charge in [0.2, 0.25) is 5.91 Å². The number of amides is 1. The lowest BCUT2D eigenvalue weighted by atomic mass is 10.3. The molecule has 94 valence electrons. The van der Waals surface area contributed by atoms with Crippen LogP contribution < -0.4 is 10.1 Å². The van der Waals surface area contributed by atoms with Gasteiger partial charge >= 0.3 is 0 Å². The van der Waals surface area contributed by atoms with Gasteiger partial charge in [-0.2, -0.15) is 0 Å². The highest BCUT2D eigenvalue weighted by Crippen LogP contribution is 2.25. The third-order valence-electron chi connectivity index (χ3n) is 2.20. The maximum atomic E-state index is 11.8. The Morgan fingerprint density at radius 3 is 2.89 bits per heavy atom. The predicted octanol–water partition coefficient (Wildman–Crippen LogP) is 2.97. The molecule has 0 bridgehead atoms. The Bertz CT molecular complexity index is 635. The molecule has 0 aliphatic rings. The molecule has 0 saturated carbocycles. The van der Waals surface area contributed by atoms with Crippen LogP contribution in [0.2, 0.25) is 10.0 Å². The van der Waals surface area contributed by atoms with Crippen molar-refractivity contribution in [3.05, 3.63) is 44.6 Å². The maximum absolute atomic E-state index is 11.8. The minimum atomic E-state index is -0.254. The molecule has 1 amide bonds. The van der Waals surface area contributed by atoms with Crippen LogP contribution >= 0.6 is 34.5 Å². The van der Waals surface area contributed by atoms with Gasteiger partial charge in [-0.05, 0) is 18.2 Å². The van der Waals surface area contributed by atoms with E-state index >= 15 is 0 Å². The summed E-state index contributed by atoms with van der Waals surface area (Å²) in [5.74, 6) is -0.254. The van der Waals surface area contributed by atoms with Gasteiger partial charge in [0.25, 0.3) is 0 Å². The van der Waals surface area contributed by atoms with Crippen molar-refractivity contribution in [1.82, 2.24) is 4.57 Å². The Hall–Kier alpha value is -1.30. The third-order valence-corrected chi connectivity index (χ3v) is 3.48. The molecule has 1 aromatic carbocycles. The number of halogens is 2. The lowest BCUT2D eigenvalue weighted by Gasteiger charge is -2.08. The Labute approximate surface area is 117 Å². The van der Waals surface area contributed by atoms with Gasteiger partial charge in [0, 0.05) is 16.6 Å². The topological polar surface area (TPSA) is 57.9 Å². The van der Waals surface area contributed by atoms with Crippen LogP contribution in [0.15, 0.2) is 29.8 Å². The number of nitrogens with one attached hydrogen (secondary N) is 2. The molecule has 18 heavy (non-hydrogen) atoms. The number of nitrogens with zero attached hydrogens (tertiary/aromatic N) is 1. The number of hydrogen-bond donors (Lipinski definition) is 2. The standard InChI is InChI=1S/C11H9Cl2N3OS/c12-7-1-2-8(13)9(5-7)15-10(17)6-16-3-4-18-11(16)14/h1-5,14H,6H2,(H,15,17). The van der Waals surface area contributed by atoms with Gasteiger partial charge in [0.05, 0.1) is 10.7 Å². The molecule has 0 spiro atoms. The number of thiazole rings is 1. The monoisotopic (exact) mass is 301 g/mol. The van der Waals surface area contributed by atoms with Crippen LogP contribution in [0.5, 0.6) is 0 Å². The van der Waals surface area contributed by atoms with Crippen LogP contribution in [0.3, 0.4) is 0 Å². The number of aromatic nitrogens is 1. The average Bonchev–Trinajstić information content (AvgIpc) is 2.70. The molecule has 0 unspecified atom stereocenters. The zero-order valence-electron chi connectivity index (χ0n) is 9.11. The summed E-state index contributed by atoms with van der Waals surface area (Å²) >= 11 is 13.0. The first-order chi connectivity index (χ1) is 8.56. The molecule has 1 aromatic heterocycles. The van der Waals surface area contributed by atoms with Gasteiger partial charge in [0.15, 0.2) is 4.80 Å². The molecule has 7 heteroatoms. The SMILES string of the molecule is N=c1sccn1CC(=O)Nc1cc(Cl)ccc1Cl. The summed E-state index contributed by atoms with van der Waals surface area (Å²) in [5.41, 5.74) is 0.469. The second-order valence-electron chi connectivity index (χ2n) is 3.51. The average molecular weight is 302 g/mol. The fraction of sp³-hybridized carbons (Fsp3) is 0.0909. The van der Waals surface area contributed by atoms with Gasteiger partial charge in [-0.1, -0.05) is 23.2 Å². The molecule has 0 radical (unpaired) electrons. The van der Waals surface area contributed by atoms with E-state index in [1.807, 2.05) is 0 Å². The highest BCUT2D eigenvalue weighted by Gasteiger charge is 2.07. The van der Waals surface area contributed by atoms with Crippen molar-refractivity contribution in [2.45, 2.75) is 6.54 Å². The highest BCUT2D eigenvalue weighted by molar-refractivity contribution is 7.06. The highest BCUT2D eigenvalue weighted by atomic mass is 35.5. The van der Waals surface area contributed by atoms with Gasteiger partial charge in [-0.15, -0.1) is 11.3 Å². The Balaban J connectivity index is 2.10. The Kier molecular flexibility index (Phi) is 4.06. The van der Waals surface area contributed by atoms with Crippen molar-refractivity contribution in [1.29, 1.82) is 5.41 Å². The van der Waals surface area contributed by atoms with E-state index in [-0.39, 0.29) is 12.5 Å². The summed E-state index contributed by atoms with van der Waals surface area (Å²) in [6, 6.07) is 4.85. The molecule has 0 aliphatic carbocycles. The summed E-state index contributed by atoms with van der Waals surface area (Å²) in [6.07, 6.45) is 1.69. The number of carbonyl (C=O) groups excluding carboxylic acids is 1. The molecule has 0 atom stereocenters. The van der Waals surface area contributed by atoms with E-state index in [1.54, 1.807) is 34.3 Å². The molecular formula is C11H9Cl2N3OS. The van der Waals surface area contributed by atoms with Crippen LogP contribution in [0, 0.1) is 5.41 Å². The Morgan fingerprint density at radius 2 is 2.22 bits per heavy atom. The minimum Gasteiger partial charge on any atom is -0.323 e. The molecule has 0 saturated heterocycles. The van der Waals surface area contributed by atoms with E-state index in [0.717, 1.165) is 0 Å². The smallest absolute Gasteiger partial charge is 0.244 e. The zero-order chi connectivity index (χ0) is 13.1. The van der Waals surface area contributed by atoms with Crippen molar-refractivity contribution in [3.63, 3.8) is 0 Å². The number of anilines is 1. The fourth-order valence-electron chi connectivity index (χ4n) is 1.37. The van der Waals surface area contributed by atoms with Crippen molar-refractivity contribution < 1.29 is 4.79 Å². The molecule has 0 aliphatic heterocycles. The summed E-state index contributed by atoms with van der Waals surface area (Å²) in [6.45, 7) is 0.0746. The minimum absolute atomic E-state index is 0.0746. The normalized spacial score (nSPS) is 10.3. The first-order valence-electron chi connectivity index (χ1n) is 4.99. The van der Waals surface area contributed by atoms with Crippen molar-refractivity contribution in [2.75, 3.05) is 5.32 Å². The third kappa shape index (κ3) is 3.13. The molecular weight excluding hydrogens is 293 g/mol. The lowest BCUT2D eigenvalue weighted by Crippen LogP contribution is -2.23. The maximum Gasteiger partial charge on any atom is 0.244 e. The second kappa shape index (κ2) is 5.56. The van der Waals surface area contributed by atoms with E-state index in [0.29, 0.717) is 20.5 Å². The van der Waals surface area contributed by atoms with E-state index in [9.17, 15) is 4.79 Å². The van der Waals surface area contributed by atoms with E-state index in [2.05, 4.69) is 5.32 Å². The number of hydrogen-bond acceptors (Lipinski definition) is 3. The van der Waals surface area contributed by atoms with Crippen molar-refractivity contribution in [2.24, 2.45) is 0 Å². The van der Waals surface area contributed by atoms with Crippen LogP contribution in [0.1, 0.15) is 0 Å². The van der Waals surface area contributed by atoms with Crippen LogP contribution in [-0.2, 0) is 11.3 Å². The van der Waals surface area contributed by atoms with Crippen LogP contribution in [0.25, 0.3) is 0 Å². The molecule has 2 rings (SSSR count). The summed E-state index contributed by atoms with van der Waals surface area (Å²) in [5, 5.41) is 12.9. The largest absolute Gasteiger partial charge is 0.323 e. The first kappa shape index (κ1) is 13.1. The second-order valence-corrected chi connectivity index (χ2v) is 5.25. The molecule has 4 nitrogen and oxygen atoms in total. The van der Waals surface area contributed by atoms with E-state index < -0.39 is 0 Å². The van der Waals surface area contributed by atoms with Gasteiger partial charge in [-0.3, -0.25) is 10.2 Å².